The Morgan fingerprint density at radius 2 is 1.06 bits per heavy atom. The molecule has 0 heterocycles. The van der Waals surface area contributed by atoms with Gasteiger partial charge in [-0.3, -0.25) is 9.59 Å². The Bertz CT molecular complexity index is 1450. The Balaban J connectivity index is 0.000000292. The van der Waals surface area contributed by atoms with Crippen molar-refractivity contribution in [1.82, 2.24) is 15.1 Å². The molecule has 0 atom stereocenters. The highest BCUT2D eigenvalue weighted by molar-refractivity contribution is 6.67. The summed E-state index contributed by atoms with van der Waals surface area (Å²) in [6.45, 7) is 0.571. The molecule has 0 bridgehead atoms. The van der Waals surface area contributed by atoms with Crippen LogP contribution in [0.5, 0.6) is 0 Å². The molecular weight excluding hydrogens is 722 g/mol. The van der Waals surface area contributed by atoms with E-state index < -0.39 is 52.0 Å². The quantitative estimate of drug-likeness (QED) is 0.219. The van der Waals surface area contributed by atoms with Crippen LogP contribution in [0.25, 0.3) is 0 Å². The number of carbonyl (C=O) groups is 2. The summed E-state index contributed by atoms with van der Waals surface area (Å²) in [6, 6.07) is 8.10. The third-order valence-electron chi connectivity index (χ3n) is 9.55. The minimum Gasteiger partial charge on any atom is -0.350 e. The number of alkyl halides is 10. The molecule has 51 heavy (non-hydrogen) atoms. The summed E-state index contributed by atoms with van der Waals surface area (Å²) in [5.41, 5.74) is 2.78. The number of halogens is 11. The van der Waals surface area contributed by atoms with Gasteiger partial charge in [0.2, 0.25) is 11.8 Å². The lowest BCUT2D eigenvalue weighted by atomic mass is 9.78. The van der Waals surface area contributed by atoms with Gasteiger partial charge in [-0.2, -0.15) is 26.3 Å². The number of carbonyl (C=O) groups excluding carboxylic acids is 2. The summed E-state index contributed by atoms with van der Waals surface area (Å²) < 4.78 is 127. The fourth-order valence-electron chi connectivity index (χ4n) is 5.78. The van der Waals surface area contributed by atoms with Crippen LogP contribution in [0.15, 0.2) is 48.5 Å². The summed E-state index contributed by atoms with van der Waals surface area (Å²) in [4.78, 5) is 26.5. The van der Waals surface area contributed by atoms with Gasteiger partial charge in [-0.25, -0.2) is 17.6 Å². The number of likely N-dealkylation sites (N-methyl/N-ethyl adjacent to an activating group) is 2. The van der Waals surface area contributed by atoms with Gasteiger partial charge in [0.25, 0.3) is 11.1 Å². The van der Waals surface area contributed by atoms with Crippen molar-refractivity contribution < 1.29 is 53.5 Å². The van der Waals surface area contributed by atoms with Crippen LogP contribution < -0.4 is 11.1 Å². The summed E-state index contributed by atoms with van der Waals surface area (Å²) in [6.07, 6.45) is -8.16. The van der Waals surface area contributed by atoms with Crippen molar-refractivity contribution in [3.63, 3.8) is 0 Å². The van der Waals surface area contributed by atoms with Crippen molar-refractivity contribution in [1.29, 1.82) is 0 Å². The molecule has 0 radical (unpaired) electrons. The highest BCUT2D eigenvalue weighted by Crippen LogP contribution is 2.41. The average Bonchev–Trinajstić information content (AvgIpc) is 3.04. The maximum Gasteiger partial charge on any atom is 0.416 e. The van der Waals surface area contributed by atoms with Gasteiger partial charge in [0, 0.05) is 61.0 Å². The van der Waals surface area contributed by atoms with Crippen molar-refractivity contribution >= 4 is 22.8 Å². The van der Waals surface area contributed by atoms with Gasteiger partial charge >= 0.3 is 12.4 Å². The smallest absolute Gasteiger partial charge is 0.350 e. The number of hydrogen-bond acceptors (Lipinski definition) is 5. The van der Waals surface area contributed by atoms with Crippen LogP contribution in [-0.4, -0.2) is 85.2 Å². The van der Waals surface area contributed by atoms with Crippen LogP contribution in [0, 0.1) is 0 Å². The van der Waals surface area contributed by atoms with Crippen molar-refractivity contribution in [2.45, 2.75) is 86.6 Å². The Hall–Kier alpha value is -2.95. The molecule has 2 fully saturated rings. The van der Waals surface area contributed by atoms with Gasteiger partial charge < -0.3 is 20.9 Å². The zero-order chi connectivity index (χ0) is 39.1. The van der Waals surface area contributed by atoms with E-state index in [4.69, 9.17) is 17.3 Å². The standard InChI is InChI=1S/C17H21F5N2O.C9H18F2N2.C8H4ClF3O/c1-24(2)15(6-8-16(18,19)9-7-15)11-23-14(25)12-4-3-5-13(10-12)17(20,21)22;1-13(2)8(7-12)3-5-9(10,11)6-4-8;9-7(13)5-2-1-3-6(4-5)8(10,11)12/h3-5,10H,6-9,11H2,1-2H3,(H,23,25);3-7,12H2,1-2H3;1-4H. The van der Waals surface area contributed by atoms with E-state index in [2.05, 4.69) is 5.32 Å². The van der Waals surface area contributed by atoms with Gasteiger partial charge in [0.1, 0.15) is 0 Å². The summed E-state index contributed by atoms with van der Waals surface area (Å²) in [5.74, 6) is -5.82. The SMILES string of the molecule is CN(C)C1(CN)CCC(F)(F)CC1.CN(C)C1(CNC(=O)c2cccc(C(F)(F)F)c2)CCC(F)(F)CC1.O=C(Cl)c1cccc(C(F)(F)F)c1. The summed E-state index contributed by atoms with van der Waals surface area (Å²) >= 11 is 5.02. The number of benzene rings is 2. The summed E-state index contributed by atoms with van der Waals surface area (Å²) in [5, 5.41) is 1.71. The van der Waals surface area contributed by atoms with Crippen LogP contribution in [0.2, 0.25) is 0 Å². The van der Waals surface area contributed by atoms with Crippen LogP contribution in [0.4, 0.5) is 43.9 Å². The molecule has 2 aliphatic carbocycles. The zero-order valence-electron chi connectivity index (χ0n) is 28.6. The molecule has 6 nitrogen and oxygen atoms in total. The minimum absolute atomic E-state index is 0.0254. The molecule has 0 aliphatic heterocycles. The lowest BCUT2D eigenvalue weighted by molar-refractivity contribution is -0.138. The molecule has 2 aromatic rings. The average molecular weight is 765 g/mol. The molecule has 17 heteroatoms. The molecule has 2 aliphatic rings. The van der Waals surface area contributed by atoms with E-state index in [9.17, 15) is 53.5 Å². The Morgan fingerprint density at radius 3 is 1.41 bits per heavy atom. The van der Waals surface area contributed by atoms with Gasteiger partial charge in [-0.05, 0) is 95.8 Å². The zero-order valence-corrected chi connectivity index (χ0v) is 29.4. The van der Waals surface area contributed by atoms with Crippen LogP contribution in [0.3, 0.4) is 0 Å². The molecule has 2 aromatic carbocycles. The topological polar surface area (TPSA) is 78.7 Å². The monoisotopic (exact) mass is 764 g/mol. The Kier molecular flexibility index (Phi) is 15.0. The number of nitrogens with one attached hydrogen (secondary N) is 1. The molecule has 0 spiro atoms. The van der Waals surface area contributed by atoms with Crippen molar-refractivity contribution in [3.05, 3.63) is 70.8 Å². The number of amides is 1. The van der Waals surface area contributed by atoms with Crippen LogP contribution >= 0.6 is 11.6 Å². The molecule has 0 aromatic heterocycles. The number of nitrogens with zero attached hydrogens (tertiary/aromatic N) is 2. The van der Waals surface area contributed by atoms with Crippen molar-refractivity contribution in [2.75, 3.05) is 41.3 Å². The fourth-order valence-corrected chi connectivity index (χ4v) is 5.90. The molecule has 3 N–H and O–H groups in total. The van der Waals surface area contributed by atoms with Crippen LogP contribution in [0.1, 0.15) is 83.2 Å². The first-order valence-corrected chi connectivity index (χ1v) is 16.3. The van der Waals surface area contributed by atoms with E-state index in [1.165, 1.54) is 18.2 Å². The molecule has 0 saturated heterocycles. The second-order valence-corrected chi connectivity index (χ2v) is 13.6. The Morgan fingerprint density at radius 1 is 0.686 bits per heavy atom. The third-order valence-corrected chi connectivity index (χ3v) is 9.77. The molecule has 4 rings (SSSR count). The van der Waals surface area contributed by atoms with Crippen molar-refractivity contribution in [3.8, 4) is 0 Å². The second-order valence-electron chi connectivity index (χ2n) is 13.3. The van der Waals surface area contributed by atoms with E-state index >= 15 is 0 Å². The van der Waals surface area contributed by atoms with Gasteiger partial charge in [0.15, 0.2) is 0 Å². The lowest BCUT2D eigenvalue weighted by Crippen LogP contribution is -2.56. The first-order valence-electron chi connectivity index (χ1n) is 15.9. The fraction of sp³-hybridized carbons (Fsp3) is 0.588. The third kappa shape index (κ3) is 12.9. The number of hydrogen-bond donors (Lipinski definition) is 2. The van der Waals surface area contributed by atoms with Gasteiger partial charge in [-0.1, -0.05) is 18.2 Å². The predicted octanol–water partition coefficient (Wildman–Crippen LogP) is 8.48. The highest BCUT2D eigenvalue weighted by Gasteiger charge is 2.45. The van der Waals surface area contributed by atoms with E-state index in [1.807, 2.05) is 19.0 Å². The van der Waals surface area contributed by atoms with E-state index in [0.29, 0.717) is 19.4 Å². The van der Waals surface area contributed by atoms with E-state index in [0.717, 1.165) is 30.3 Å². The molecular formula is C34H43ClF10N4O2. The minimum atomic E-state index is -4.53. The van der Waals surface area contributed by atoms with E-state index in [1.54, 1.807) is 19.0 Å². The lowest BCUT2D eigenvalue weighted by Gasteiger charge is -2.45. The number of nitrogens with two attached hydrogens (primary N) is 1. The van der Waals surface area contributed by atoms with Crippen LogP contribution in [-0.2, 0) is 12.4 Å². The maximum atomic E-state index is 13.4. The van der Waals surface area contributed by atoms with E-state index in [-0.39, 0.29) is 61.7 Å². The molecule has 2 saturated carbocycles. The van der Waals surface area contributed by atoms with Crippen molar-refractivity contribution in [2.24, 2.45) is 5.73 Å². The Labute approximate surface area is 295 Å². The maximum absolute atomic E-state index is 13.4. The first kappa shape index (κ1) is 44.2. The van der Waals surface area contributed by atoms with Gasteiger partial charge in [-0.15, -0.1) is 0 Å². The highest BCUT2D eigenvalue weighted by atomic mass is 35.5. The predicted molar refractivity (Wildman–Crippen MR) is 174 cm³/mol. The second kappa shape index (κ2) is 17.3. The largest absolute Gasteiger partial charge is 0.416 e. The molecule has 0 unspecified atom stereocenters. The van der Waals surface area contributed by atoms with Gasteiger partial charge in [0.05, 0.1) is 11.1 Å². The number of rotatable bonds is 7. The normalized spacial score (nSPS) is 19.3. The first-order chi connectivity index (χ1) is 23.3. The molecule has 1 amide bonds. The summed E-state index contributed by atoms with van der Waals surface area (Å²) in [7, 11) is 7.33. The molecule has 288 valence electrons.